The molecule has 0 bridgehead atoms. The van der Waals surface area contributed by atoms with Gasteiger partial charge >= 0.3 is 0 Å². The van der Waals surface area contributed by atoms with Gasteiger partial charge in [-0.15, -0.1) is 0 Å². The first-order chi connectivity index (χ1) is 7.00. The fourth-order valence-electron chi connectivity index (χ4n) is 0.976. The SMILES string of the molecule is CC(C)=CCOc1c(Cl)cc(O)cc1Cl. The zero-order chi connectivity index (χ0) is 11.4. The van der Waals surface area contributed by atoms with Crippen molar-refractivity contribution in [2.45, 2.75) is 13.8 Å². The lowest BCUT2D eigenvalue weighted by Gasteiger charge is -2.08. The number of phenolic OH excluding ortho intramolecular Hbond substituents is 1. The van der Waals surface area contributed by atoms with Crippen LogP contribution in [-0.2, 0) is 0 Å². The standard InChI is InChI=1S/C11H12Cl2O2/c1-7(2)3-4-15-11-9(12)5-8(14)6-10(11)13/h3,5-6,14H,4H2,1-2H3. The van der Waals surface area contributed by atoms with Crippen molar-refractivity contribution in [1.29, 1.82) is 0 Å². The highest BCUT2D eigenvalue weighted by atomic mass is 35.5. The summed E-state index contributed by atoms with van der Waals surface area (Å²) in [6.07, 6.45) is 1.92. The van der Waals surface area contributed by atoms with Crippen LogP contribution in [0.3, 0.4) is 0 Å². The maximum Gasteiger partial charge on any atom is 0.157 e. The average Bonchev–Trinajstić information content (AvgIpc) is 2.08. The summed E-state index contributed by atoms with van der Waals surface area (Å²) < 4.78 is 5.38. The summed E-state index contributed by atoms with van der Waals surface area (Å²) in [4.78, 5) is 0. The van der Waals surface area contributed by atoms with Crippen molar-refractivity contribution in [2.75, 3.05) is 6.61 Å². The monoisotopic (exact) mass is 246 g/mol. The van der Waals surface area contributed by atoms with Crippen LogP contribution in [0.25, 0.3) is 0 Å². The summed E-state index contributed by atoms with van der Waals surface area (Å²) in [5.41, 5.74) is 1.15. The highest BCUT2D eigenvalue weighted by Gasteiger charge is 2.08. The number of rotatable bonds is 3. The number of ether oxygens (including phenoxy) is 1. The van der Waals surface area contributed by atoms with Gasteiger partial charge < -0.3 is 9.84 Å². The molecule has 82 valence electrons. The van der Waals surface area contributed by atoms with E-state index in [1.54, 1.807) is 0 Å². The van der Waals surface area contributed by atoms with E-state index < -0.39 is 0 Å². The lowest BCUT2D eigenvalue weighted by molar-refractivity contribution is 0.361. The highest BCUT2D eigenvalue weighted by Crippen LogP contribution is 2.36. The van der Waals surface area contributed by atoms with E-state index in [0.29, 0.717) is 22.4 Å². The summed E-state index contributed by atoms with van der Waals surface area (Å²) in [5.74, 6) is 0.424. The van der Waals surface area contributed by atoms with Crippen LogP contribution in [0.1, 0.15) is 13.8 Å². The number of hydrogen-bond donors (Lipinski definition) is 1. The van der Waals surface area contributed by atoms with E-state index in [-0.39, 0.29) is 5.75 Å². The molecule has 0 saturated carbocycles. The Morgan fingerprint density at radius 3 is 2.33 bits per heavy atom. The van der Waals surface area contributed by atoms with E-state index in [4.69, 9.17) is 27.9 Å². The van der Waals surface area contributed by atoms with Gasteiger partial charge in [-0.25, -0.2) is 0 Å². The molecular weight excluding hydrogens is 235 g/mol. The Hall–Kier alpha value is -0.860. The first kappa shape index (κ1) is 12.2. The van der Waals surface area contributed by atoms with Crippen LogP contribution in [0.5, 0.6) is 11.5 Å². The Morgan fingerprint density at radius 2 is 1.87 bits per heavy atom. The molecule has 0 aliphatic carbocycles. The third-order valence-corrected chi connectivity index (χ3v) is 2.26. The van der Waals surface area contributed by atoms with E-state index in [1.165, 1.54) is 12.1 Å². The number of aromatic hydroxyl groups is 1. The second kappa shape index (κ2) is 5.29. The number of allylic oxidation sites excluding steroid dienone is 1. The van der Waals surface area contributed by atoms with Gasteiger partial charge in [0.05, 0.1) is 10.0 Å². The van der Waals surface area contributed by atoms with Gasteiger partial charge in [0.2, 0.25) is 0 Å². The minimum Gasteiger partial charge on any atom is -0.508 e. The molecule has 2 nitrogen and oxygen atoms in total. The van der Waals surface area contributed by atoms with E-state index in [0.717, 1.165) is 5.57 Å². The number of phenols is 1. The molecule has 0 radical (unpaired) electrons. The Kier molecular flexibility index (Phi) is 4.30. The minimum atomic E-state index is 0.0274. The normalized spacial score (nSPS) is 9.87. The molecule has 0 saturated heterocycles. The van der Waals surface area contributed by atoms with Gasteiger partial charge in [0.15, 0.2) is 5.75 Å². The van der Waals surface area contributed by atoms with Crippen molar-refractivity contribution in [3.05, 3.63) is 33.8 Å². The van der Waals surface area contributed by atoms with Crippen LogP contribution in [0.2, 0.25) is 10.0 Å². The van der Waals surface area contributed by atoms with Gasteiger partial charge in [-0.3, -0.25) is 0 Å². The van der Waals surface area contributed by atoms with Crippen LogP contribution in [0, 0.1) is 0 Å². The van der Waals surface area contributed by atoms with Crippen LogP contribution < -0.4 is 4.74 Å². The van der Waals surface area contributed by atoms with Crippen molar-refractivity contribution in [2.24, 2.45) is 0 Å². The van der Waals surface area contributed by atoms with Gasteiger partial charge in [-0.05, 0) is 19.9 Å². The molecule has 1 aromatic rings. The quantitative estimate of drug-likeness (QED) is 0.816. The molecule has 0 spiro atoms. The topological polar surface area (TPSA) is 29.5 Å². The van der Waals surface area contributed by atoms with Gasteiger partial charge in [0.1, 0.15) is 12.4 Å². The van der Waals surface area contributed by atoms with E-state index in [9.17, 15) is 5.11 Å². The molecule has 1 N–H and O–H groups in total. The molecule has 0 amide bonds. The van der Waals surface area contributed by atoms with Gasteiger partial charge in [-0.1, -0.05) is 28.8 Å². The number of halogens is 2. The lowest BCUT2D eigenvalue weighted by Crippen LogP contribution is -1.95. The fourth-order valence-corrected chi connectivity index (χ4v) is 1.56. The van der Waals surface area contributed by atoms with E-state index in [1.807, 2.05) is 19.9 Å². The Balaban J connectivity index is 2.81. The summed E-state index contributed by atoms with van der Waals surface area (Å²) in [7, 11) is 0. The smallest absolute Gasteiger partial charge is 0.157 e. The van der Waals surface area contributed by atoms with Crippen molar-refractivity contribution in [3.63, 3.8) is 0 Å². The van der Waals surface area contributed by atoms with Crippen molar-refractivity contribution in [3.8, 4) is 11.5 Å². The molecule has 1 aromatic carbocycles. The second-order valence-electron chi connectivity index (χ2n) is 3.33. The Bertz CT molecular complexity index is 359. The van der Waals surface area contributed by atoms with Gasteiger partial charge in [-0.2, -0.15) is 0 Å². The summed E-state index contributed by atoms with van der Waals surface area (Å²) in [5, 5.41) is 9.81. The van der Waals surface area contributed by atoms with E-state index >= 15 is 0 Å². The first-order valence-electron chi connectivity index (χ1n) is 4.45. The van der Waals surface area contributed by atoms with Crippen molar-refractivity contribution in [1.82, 2.24) is 0 Å². The maximum atomic E-state index is 9.20. The van der Waals surface area contributed by atoms with Gasteiger partial charge in [0, 0.05) is 12.1 Å². The summed E-state index contributed by atoms with van der Waals surface area (Å²) >= 11 is 11.7. The molecule has 15 heavy (non-hydrogen) atoms. The van der Waals surface area contributed by atoms with Gasteiger partial charge in [0.25, 0.3) is 0 Å². The molecule has 0 aromatic heterocycles. The van der Waals surface area contributed by atoms with Crippen LogP contribution in [-0.4, -0.2) is 11.7 Å². The van der Waals surface area contributed by atoms with Crippen molar-refractivity contribution >= 4 is 23.2 Å². The number of benzene rings is 1. The minimum absolute atomic E-state index is 0.0274. The van der Waals surface area contributed by atoms with Crippen LogP contribution >= 0.6 is 23.2 Å². The predicted molar refractivity (Wildman–Crippen MR) is 63.1 cm³/mol. The van der Waals surface area contributed by atoms with Crippen LogP contribution in [0.4, 0.5) is 0 Å². The Labute approximate surface area is 99.1 Å². The molecular formula is C11H12Cl2O2. The lowest BCUT2D eigenvalue weighted by atomic mass is 10.3. The summed E-state index contributed by atoms with van der Waals surface area (Å²) in [6, 6.07) is 2.79. The molecule has 0 atom stereocenters. The molecule has 0 heterocycles. The first-order valence-corrected chi connectivity index (χ1v) is 5.20. The average molecular weight is 247 g/mol. The van der Waals surface area contributed by atoms with Crippen molar-refractivity contribution < 1.29 is 9.84 Å². The third-order valence-electron chi connectivity index (χ3n) is 1.70. The third kappa shape index (κ3) is 3.65. The fraction of sp³-hybridized carbons (Fsp3) is 0.273. The molecule has 0 aliphatic rings. The maximum absolute atomic E-state index is 9.20. The number of hydrogen-bond acceptors (Lipinski definition) is 2. The largest absolute Gasteiger partial charge is 0.508 e. The Morgan fingerprint density at radius 1 is 1.33 bits per heavy atom. The second-order valence-corrected chi connectivity index (χ2v) is 4.15. The highest BCUT2D eigenvalue weighted by molar-refractivity contribution is 6.37. The van der Waals surface area contributed by atoms with Crippen LogP contribution in [0.15, 0.2) is 23.8 Å². The molecule has 0 fully saturated rings. The molecule has 1 rings (SSSR count). The zero-order valence-corrected chi connectivity index (χ0v) is 10.1. The predicted octanol–water partition coefficient (Wildman–Crippen LogP) is 4.04. The molecule has 0 aliphatic heterocycles. The van der Waals surface area contributed by atoms with E-state index in [2.05, 4.69) is 0 Å². The zero-order valence-electron chi connectivity index (χ0n) is 8.55. The molecule has 4 heteroatoms. The summed E-state index contributed by atoms with van der Waals surface area (Å²) in [6.45, 7) is 4.36. The molecule has 0 unspecified atom stereocenters.